The van der Waals surface area contributed by atoms with E-state index in [-0.39, 0.29) is 0 Å². The summed E-state index contributed by atoms with van der Waals surface area (Å²) in [7, 11) is -0.650. The fraction of sp³-hybridized carbons (Fsp3) is 0.222. The number of hydrogen-bond acceptors (Lipinski definition) is 4. The van der Waals surface area contributed by atoms with E-state index in [9.17, 15) is 8.42 Å². The molecule has 4 aromatic carbocycles. The molecule has 0 aliphatic heterocycles. The van der Waals surface area contributed by atoms with Crippen molar-refractivity contribution in [3.8, 4) is 11.5 Å². The highest BCUT2D eigenvalue weighted by Crippen LogP contribution is 2.38. The third-order valence-corrected chi connectivity index (χ3v) is 9.62. The van der Waals surface area contributed by atoms with Gasteiger partial charge < -0.3 is 9.47 Å². The Morgan fingerprint density at radius 1 is 0.561 bits per heavy atom. The Kier molecular flexibility index (Phi) is 9.51. The van der Waals surface area contributed by atoms with Crippen molar-refractivity contribution < 1.29 is 17.9 Å². The second kappa shape index (κ2) is 13.0. The Labute approximate surface area is 244 Å². The maximum atomic E-state index is 14.7. The van der Waals surface area contributed by atoms with Crippen LogP contribution in [0.2, 0.25) is 0 Å². The van der Waals surface area contributed by atoms with Gasteiger partial charge in [-0.2, -0.15) is 0 Å². The number of rotatable bonds is 10. The van der Waals surface area contributed by atoms with Gasteiger partial charge in [0.15, 0.2) is 9.84 Å². The summed E-state index contributed by atoms with van der Waals surface area (Å²) in [5.74, 6) is 1.34. The van der Waals surface area contributed by atoms with E-state index in [2.05, 4.69) is 12.1 Å². The van der Waals surface area contributed by atoms with E-state index in [1.54, 1.807) is 50.6 Å². The summed E-state index contributed by atoms with van der Waals surface area (Å²) < 4.78 is 40.1. The van der Waals surface area contributed by atoms with Crippen LogP contribution >= 0.6 is 0 Å². The molecule has 4 aromatic rings. The molecule has 212 valence electrons. The first-order valence-electron chi connectivity index (χ1n) is 13.6. The van der Waals surface area contributed by atoms with Gasteiger partial charge in [0.2, 0.25) is 0 Å². The fourth-order valence-corrected chi connectivity index (χ4v) is 6.96. The molecule has 41 heavy (non-hydrogen) atoms. The number of sulfone groups is 1. The Balaban J connectivity index is 1.86. The van der Waals surface area contributed by atoms with E-state index in [0.717, 1.165) is 33.4 Å². The second-order valence-corrected chi connectivity index (χ2v) is 12.6. The van der Waals surface area contributed by atoms with Crippen molar-refractivity contribution in [3.05, 3.63) is 142 Å². The predicted octanol–water partition coefficient (Wildman–Crippen LogP) is 8.56. The zero-order chi connectivity index (χ0) is 29.6. The smallest absolute Gasteiger partial charge is 0.171 e. The van der Waals surface area contributed by atoms with Gasteiger partial charge in [-0.05, 0) is 85.3 Å². The lowest BCUT2D eigenvalue weighted by Gasteiger charge is -2.22. The Morgan fingerprint density at radius 2 is 0.927 bits per heavy atom. The highest BCUT2D eigenvalue weighted by molar-refractivity contribution is 7.92. The molecule has 0 bridgehead atoms. The average Bonchev–Trinajstić information content (AvgIpc) is 2.95. The SMILES string of the molecule is COc1ccc(C(C=Cc2ccc(C)cc2C)S(=O)(=O)C(C=Cc2ccc(C)cc2C)c2ccc(OC)cc2)cc1. The molecule has 0 saturated carbocycles. The molecule has 4 rings (SSSR count). The number of benzene rings is 4. The van der Waals surface area contributed by atoms with Gasteiger partial charge in [-0.15, -0.1) is 0 Å². The van der Waals surface area contributed by atoms with Gasteiger partial charge >= 0.3 is 0 Å². The number of ether oxygens (including phenoxy) is 2. The fourth-order valence-electron chi connectivity index (χ4n) is 4.97. The van der Waals surface area contributed by atoms with E-state index >= 15 is 0 Å². The molecule has 0 aliphatic carbocycles. The quantitative estimate of drug-likeness (QED) is 0.193. The summed E-state index contributed by atoms with van der Waals surface area (Å²) in [6.07, 6.45) is 7.44. The summed E-state index contributed by atoms with van der Waals surface area (Å²) in [5.41, 5.74) is 7.81. The minimum Gasteiger partial charge on any atom is -0.497 e. The monoisotopic (exact) mass is 566 g/mol. The average molecular weight is 567 g/mol. The van der Waals surface area contributed by atoms with E-state index in [4.69, 9.17) is 9.47 Å². The van der Waals surface area contributed by atoms with Gasteiger partial charge in [-0.25, -0.2) is 8.42 Å². The summed E-state index contributed by atoms with van der Waals surface area (Å²) in [4.78, 5) is 0. The maximum Gasteiger partial charge on any atom is 0.171 e. The van der Waals surface area contributed by atoms with Gasteiger partial charge in [0.05, 0.1) is 14.2 Å². The Bertz CT molecular complexity index is 1530. The normalized spacial score (nSPS) is 13.4. The molecule has 0 aliphatic rings. The van der Waals surface area contributed by atoms with Gasteiger partial charge in [-0.1, -0.05) is 96.1 Å². The van der Waals surface area contributed by atoms with Crippen molar-refractivity contribution in [1.29, 1.82) is 0 Å². The van der Waals surface area contributed by atoms with Crippen LogP contribution in [0.15, 0.2) is 97.1 Å². The Morgan fingerprint density at radius 3 is 1.24 bits per heavy atom. The van der Waals surface area contributed by atoms with Gasteiger partial charge in [-0.3, -0.25) is 0 Å². The maximum absolute atomic E-state index is 14.7. The molecule has 0 fully saturated rings. The van der Waals surface area contributed by atoms with Crippen molar-refractivity contribution in [2.24, 2.45) is 0 Å². The summed E-state index contributed by atoms with van der Waals surface area (Å²) in [6.45, 7) is 8.17. The topological polar surface area (TPSA) is 52.6 Å². The van der Waals surface area contributed by atoms with Crippen molar-refractivity contribution in [2.45, 2.75) is 38.2 Å². The molecule has 0 radical (unpaired) electrons. The first-order valence-corrected chi connectivity index (χ1v) is 15.2. The molecule has 0 saturated heterocycles. The van der Waals surface area contributed by atoms with Gasteiger partial charge in [0, 0.05) is 0 Å². The highest BCUT2D eigenvalue weighted by Gasteiger charge is 2.33. The van der Waals surface area contributed by atoms with Gasteiger partial charge in [0.25, 0.3) is 0 Å². The van der Waals surface area contributed by atoms with Crippen LogP contribution in [0.1, 0.15) is 55.0 Å². The zero-order valence-electron chi connectivity index (χ0n) is 24.6. The van der Waals surface area contributed by atoms with Crippen LogP contribution in [0.3, 0.4) is 0 Å². The van der Waals surface area contributed by atoms with Crippen molar-refractivity contribution in [2.75, 3.05) is 14.2 Å². The molecule has 2 unspecified atom stereocenters. The molecule has 5 heteroatoms. The Hall–Kier alpha value is -4.09. The van der Waals surface area contributed by atoms with Crippen molar-refractivity contribution in [1.82, 2.24) is 0 Å². The minimum atomic E-state index is -3.85. The lowest BCUT2D eigenvalue weighted by atomic mass is 10.0. The summed E-state index contributed by atoms with van der Waals surface area (Å²) in [6, 6.07) is 26.8. The first-order chi connectivity index (χ1) is 19.6. The predicted molar refractivity (Wildman–Crippen MR) is 170 cm³/mol. The largest absolute Gasteiger partial charge is 0.497 e. The third-order valence-electron chi connectivity index (χ3n) is 7.35. The molecular formula is C36H38O4S. The molecule has 2 atom stereocenters. The molecule has 0 aromatic heterocycles. The van der Waals surface area contributed by atoms with Crippen LogP contribution in [0, 0.1) is 27.7 Å². The minimum absolute atomic E-state index is 0.671. The summed E-state index contributed by atoms with van der Waals surface area (Å²) >= 11 is 0. The van der Waals surface area contributed by atoms with Crippen LogP contribution in [0.5, 0.6) is 11.5 Å². The van der Waals surface area contributed by atoms with Crippen LogP contribution in [0.4, 0.5) is 0 Å². The second-order valence-electron chi connectivity index (χ2n) is 10.4. The third kappa shape index (κ3) is 7.17. The van der Waals surface area contributed by atoms with E-state index in [1.807, 2.05) is 88.4 Å². The molecule has 0 spiro atoms. The molecule has 0 amide bonds. The van der Waals surface area contributed by atoms with E-state index in [1.165, 1.54) is 0 Å². The summed E-state index contributed by atoms with van der Waals surface area (Å²) in [5, 5.41) is -1.80. The number of hydrogen-bond donors (Lipinski definition) is 0. The van der Waals surface area contributed by atoms with Crippen LogP contribution < -0.4 is 9.47 Å². The zero-order valence-corrected chi connectivity index (χ0v) is 25.4. The molecule has 4 nitrogen and oxygen atoms in total. The lowest BCUT2D eigenvalue weighted by molar-refractivity contribution is 0.414. The number of aryl methyl sites for hydroxylation is 4. The lowest BCUT2D eigenvalue weighted by Crippen LogP contribution is -2.19. The molecule has 0 heterocycles. The van der Waals surface area contributed by atoms with Crippen LogP contribution in [-0.4, -0.2) is 22.6 Å². The van der Waals surface area contributed by atoms with Crippen LogP contribution in [0.25, 0.3) is 12.2 Å². The van der Waals surface area contributed by atoms with E-state index in [0.29, 0.717) is 22.6 Å². The van der Waals surface area contributed by atoms with Crippen molar-refractivity contribution in [3.63, 3.8) is 0 Å². The molecule has 0 N–H and O–H groups in total. The standard InChI is InChI=1S/C36H38O4S/c1-25-7-9-29(27(3)23-25)15-21-35(31-11-17-33(39-5)18-12-31)41(37,38)36(32-13-19-34(40-6)20-14-32)22-16-30-10-8-26(2)24-28(30)4/h7-24,35-36H,1-6H3. The highest BCUT2D eigenvalue weighted by atomic mass is 32.2. The number of methoxy groups -OCH3 is 2. The van der Waals surface area contributed by atoms with Gasteiger partial charge in [0.1, 0.15) is 22.0 Å². The van der Waals surface area contributed by atoms with Crippen molar-refractivity contribution >= 4 is 22.0 Å². The molecular weight excluding hydrogens is 528 g/mol. The van der Waals surface area contributed by atoms with E-state index < -0.39 is 20.3 Å². The van der Waals surface area contributed by atoms with Crippen LogP contribution in [-0.2, 0) is 9.84 Å². The first kappa shape index (κ1) is 29.9.